The second kappa shape index (κ2) is 7.09. The Bertz CT molecular complexity index is 481. The van der Waals surface area contributed by atoms with Crippen molar-refractivity contribution in [2.45, 2.75) is 19.4 Å². The Labute approximate surface area is 132 Å². The summed E-state index contributed by atoms with van der Waals surface area (Å²) < 4.78 is 1.45. The lowest BCUT2D eigenvalue weighted by molar-refractivity contribution is -0.138. The first kappa shape index (κ1) is 16.0. The summed E-state index contributed by atoms with van der Waals surface area (Å²) in [6, 6.07) is 2.13. The maximum Gasteiger partial charge on any atom is 0.317 e. The first-order valence-corrected chi connectivity index (χ1v) is 8.17. The minimum atomic E-state index is -0.765. The Balaban J connectivity index is 1.99. The molecule has 2 rings (SSSR count). The van der Waals surface area contributed by atoms with Crippen LogP contribution in [0.25, 0.3) is 0 Å². The van der Waals surface area contributed by atoms with Crippen molar-refractivity contribution in [3.8, 4) is 0 Å². The van der Waals surface area contributed by atoms with Crippen LogP contribution in [-0.4, -0.2) is 53.6 Å². The van der Waals surface area contributed by atoms with E-state index in [-0.39, 0.29) is 12.6 Å². The van der Waals surface area contributed by atoms with E-state index >= 15 is 0 Å². The molecule has 4 nitrogen and oxygen atoms in total. The molecule has 1 saturated heterocycles. The van der Waals surface area contributed by atoms with Crippen LogP contribution in [0.15, 0.2) is 6.07 Å². The van der Waals surface area contributed by atoms with Crippen LogP contribution in [0.3, 0.4) is 0 Å². The molecule has 1 atom stereocenters. The van der Waals surface area contributed by atoms with Gasteiger partial charge in [0.25, 0.3) is 0 Å². The number of halogens is 2. The van der Waals surface area contributed by atoms with Gasteiger partial charge in [0.2, 0.25) is 0 Å². The molecule has 0 aliphatic carbocycles. The summed E-state index contributed by atoms with van der Waals surface area (Å²) in [6.07, 6.45) is 0.965. The Morgan fingerprint density at radius 3 is 2.75 bits per heavy atom. The molecule has 7 heteroatoms. The molecule has 1 aromatic heterocycles. The van der Waals surface area contributed by atoms with Gasteiger partial charge in [0.1, 0.15) is 0 Å². The van der Waals surface area contributed by atoms with Crippen LogP contribution in [-0.2, 0) is 4.79 Å². The van der Waals surface area contributed by atoms with Crippen molar-refractivity contribution in [3.63, 3.8) is 0 Å². The third-order valence-corrected chi connectivity index (χ3v) is 5.18. The molecule has 0 bridgehead atoms. The fraction of sp³-hybridized carbons (Fsp3) is 0.615. The van der Waals surface area contributed by atoms with Crippen molar-refractivity contribution < 1.29 is 9.90 Å². The third-order valence-electron chi connectivity index (χ3n) is 3.66. The average molecular weight is 337 g/mol. The van der Waals surface area contributed by atoms with Gasteiger partial charge in [0.05, 0.1) is 15.2 Å². The van der Waals surface area contributed by atoms with E-state index in [1.807, 2.05) is 11.0 Å². The molecule has 2 heterocycles. The van der Waals surface area contributed by atoms with Gasteiger partial charge < -0.3 is 5.11 Å². The molecular weight excluding hydrogens is 319 g/mol. The van der Waals surface area contributed by atoms with Crippen LogP contribution in [0.5, 0.6) is 0 Å². The van der Waals surface area contributed by atoms with E-state index in [9.17, 15) is 4.79 Å². The monoisotopic (exact) mass is 336 g/mol. The largest absolute Gasteiger partial charge is 0.480 e. The number of thiophene rings is 1. The Morgan fingerprint density at radius 1 is 1.40 bits per heavy atom. The lowest BCUT2D eigenvalue weighted by Gasteiger charge is -2.27. The van der Waals surface area contributed by atoms with E-state index < -0.39 is 5.97 Å². The van der Waals surface area contributed by atoms with Crippen LogP contribution >= 0.6 is 34.5 Å². The summed E-state index contributed by atoms with van der Waals surface area (Å²) in [5.74, 6) is -0.765. The van der Waals surface area contributed by atoms with Crippen molar-refractivity contribution in [1.29, 1.82) is 0 Å². The predicted molar refractivity (Wildman–Crippen MR) is 83.0 cm³/mol. The first-order valence-electron chi connectivity index (χ1n) is 6.60. The molecule has 1 fully saturated rings. The van der Waals surface area contributed by atoms with Gasteiger partial charge in [-0.2, -0.15) is 0 Å². The average Bonchev–Trinajstić information content (AvgIpc) is 2.58. The second-order valence-electron chi connectivity index (χ2n) is 5.01. The Kier molecular flexibility index (Phi) is 5.69. The van der Waals surface area contributed by atoms with E-state index in [2.05, 4.69) is 11.8 Å². The SMILES string of the molecule is CC(c1cc(Cl)sc1Cl)N1CCCN(CC(=O)O)CC1. The summed E-state index contributed by atoms with van der Waals surface area (Å²) in [5.41, 5.74) is 1.06. The maximum absolute atomic E-state index is 10.8. The second-order valence-corrected chi connectivity index (χ2v) is 7.30. The topological polar surface area (TPSA) is 43.8 Å². The Hall–Kier alpha value is -0.330. The summed E-state index contributed by atoms with van der Waals surface area (Å²) in [5, 5.41) is 8.86. The van der Waals surface area contributed by atoms with Gasteiger partial charge in [0.15, 0.2) is 0 Å². The highest BCUT2D eigenvalue weighted by molar-refractivity contribution is 7.20. The molecule has 112 valence electrons. The van der Waals surface area contributed by atoms with Crippen LogP contribution in [0.4, 0.5) is 0 Å². The van der Waals surface area contributed by atoms with Gasteiger partial charge in [-0.05, 0) is 19.4 Å². The van der Waals surface area contributed by atoms with Crippen LogP contribution in [0, 0.1) is 0 Å². The van der Waals surface area contributed by atoms with Gasteiger partial charge in [-0.3, -0.25) is 14.6 Å². The third kappa shape index (κ3) is 4.09. The summed E-state index contributed by atoms with van der Waals surface area (Å²) >= 11 is 13.6. The van der Waals surface area contributed by atoms with E-state index in [1.54, 1.807) is 0 Å². The molecule has 0 aromatic carbocycles. The standard InChI is InChI=1S/C13H18Cl2N2O2S/c1-9(10-7-11(14)20-13(10)15)17-4-2-3-16(5-6-17)8-12(18)19/h7,9H,2-6,8H2,1H3,(H,18,19). The molecule has 1 unspecified atom stereocenters. The lowest BCUT2D eigenvalue weighted by Crippen LogP contribution is -2.35. The van der Waals surface area contributed by atoms with Crippen molar-refractivity contribution in [2.75, 3.05) is 32.7 Å². The number of carbonyl (C=O) groups is 1. The summed E-state index contributed by atoms with van der Waals surface area (Å²) in [7, 11) is 0. The molecule has 1 N–H and O–H groups in total. The van der Waals surface area contributed by atoms with E-state index in [4.69, 9.17) is 28.3 Å². The zero-order valence-corrected chi connectivity index (χ0v) is 13.6. The van der Waals surface area contributed by atoms with E-state index in [0.29, 0.717) is 4.34 Å². The minimum absolute atomic E-state index is 0.118. The quantitative estimate of drug-likeness (QED) is 0.916. The molecule has 0 spiro atoms. The molecular formula is C13H18Cl2N2O2S. The number of nitrogens with zero attached hydrogens (tertiary/aromatic N) is 2. The molecule has 0 radical (unpaired) electrons. The van der Waals surface area contributed by atoms with E-state index in [0.717, 1.165) is 42.5 Å². The molecule has 1 aliphatic rings. The van der Waals surface area contributed by atoms with Crippen molar-refractivity contribution >= 4 is 40.5 Å². The number of carboxylic acids is 1. The number of hydrogen-bond acceptors (Lipinski definition) is 4. The first-order chi connectivity index (χ1) is 9.47. The number of rotatable bonds is 4. The zero-order chi connectivity index (χ0) is 14.7. The molecule has 0 amide bonds. The molecule has 20 heavy (non-hydrogen) atoms. The maximum atomic E-state index is 10.8. The van der Waals surface area contributed by atoms with Gasteiger partial charge in [-0.15, -0.1) is 11.3 Å². The highest BCUT2D eigenvalue weighted by atomic mass is 35.5. The van der Waals surface area contributed by atoms with Crippen molar-refractivity contribution in [3.05, 3.63) is 20.3 Å². The smallest absolute Gasteiger partial charge is 0.317 e. The summed E-state index contributed by atoms with van der Waals surface area (Å²) in [6.45, 7) is 5.63. The van der Waals surface area contributed by atoms with Gasteiger partial charge in [-0.25, -0.2) is 0 Å². The van der Waals surface area contributed by atoms with Crippen LogP contribution in [0.2, 0.25) is 8.67 Å². The Morgan fingerprint density at radius 2 is 2.15 bits per heavy atom. The number of carboxylic acid groups (broad SMARTS) is 1. The van der Waals surface area contributed by atoms with Crippen molar-refractivity contribution in [2.24, 2.45) is 0 Å². The van der Waals surface area contributed by atoms with Crippen LogP contribution < -0.4 is 0 Å². The van der Waals surface area contributed by atoms with Gasteiger partial charge in [0, 0.05) is 37.8 Å². The van der Waals surface area contributed by atoms with E-state index in [1.165, 1.54) is 11.3 Å². The van der Waals surface area contributed by atoms with Crippen molar-refractivity contribution in [1.82, 2.24) is 9.80 Å². The predicted octanol–water partition coefficient (Wildman–Crippen LogP) is 3.21. The van der Waals surface area contributed by atoms with Gasteiger partial charge >= 0.3 is 5.97 Å². The summed E-state index contributed by atoms with van der Waals surface area (Å²) in [4.78, 5) is 15.1. The molecule has 1 aromatic rings. The normalized spacial score (nSPS) is 19.8. The lowest BCUT2D eigenvalue weighted by atomic mass is 10.1. The minimum Gasteiger partial charge on any atom is -0.480 e. The number of hydrogen-bond donors (Lipinski definition) is 1. The molecule has 0 saturated carbocycles. The van der Waals surface area contributed by atoms with Gasteiger partial charge in [-0.1, -0.05) is 23.2 Å². The number of aliphatic carboxylic acids is 1. The highest BCUT2D eigenvalue weighted by Gasteiger charge is 2.23. The molecule has 1 aliphatic heterocycles. The highest BCUT2D eigenvalue weighted by Crippen LogP contribution is 2.37. The fourth-order valence-electron chi connectivity index (χ4n) is 2.56. The van der Waals surface area contributed by atoms with Crippen LogP contribution in [0.1, 0.15) is 24.9 Å². The fourth-order valence-corrected chi connectivity index (χ4v) is 4.20. The zero-order valence-electron chi connectivity index (χ0n) is 11.3.